The molecule has 0 aliphatic carbocycles. The molecule has 0 saturated carbocycles. The van der Waals surface area contributed by atoms with Crippen molar-refractivity contribution in [1.82, 2.24) is 14.5 Å². The highest BCUT2D eigenvalue weighted by molar-refractivity contribution is 5.83. The van der Waals surface area contributed by atoms with Gasteiger partial charge in [-0.1, -0.05) is 12.1 Å². The molecule has 5 heteroatoms. The molecule has 0 saturated heterocycles. The van der Waals surface area contributed by atoms with Crippen molar-refractivity contribution < 1.29 is 4.39 Å². The Hall–Kier alpha value is -2.56. The lowest BCUT2D eigenvalue weighted by atomic mass is 10.00. The molecule has 0 N–H and O–H groups in total. The lowest BCUT2D eigenvalue weighted by Crippen LogP contribution is -2.25. The summed E-state index contributed by atoms with van der Waals surface area (Å²) in [7, 11) is 0. The van der Waals surface area contributed by atoms with Crippen molar-refractivity contribution in [3.63, 3.8) is 0 Å². The van der Waals surface area contributed by atoms with Crippen LogP contribution in [0.5, 0.6) is 0 Å². The van der Waals surface area contributed by atoms with Crippen LogP contribution < -0.4 is 5.56 Å². The zero-order chi connectivity index (χ0) is 16.7. The molecule has 3 aromatic rings. The Morgan fingerprint density at radius 2 is 2.08 bits per heavy atom. The van der Waals surface area contributed by atoms with Crippen LogP contribution in [0.1, 0.15) is 25.6 Å². The maximum atomic E-state index is 14.3. The fourth-order valence-electron chi connectivity index (χ4n) is 3.22. The summed E-state index contributed by atoms with van der Waals surface area (Å²) in [5, 5.41) is 0.570. The van der Waals surface area contributed by atoms with Gasteiger partial charge in [0.05, 0.1) is 16.6 Å². The second kappa shape index (κ2) is 5.51. The second-order valence-corrected chi connectivity index (χ2v) is 6.60. The lowest BCUT2D eigenvalue weighted by Gasteiger charge is -2.15. The molecular weight excluding hydrogens is 305 g/mol. The Morgan fingerprint density at radius 1 is 1.21 bits per heavy atom. The highest BCUT2D eigenvalue weighted by atomic mass is 19.1. The zero-order valence-corrected chi connectivity index (χ0v) is 13.5. The highest BCUT2D eigenvalue weighted by Crippen LogP contribution is 2.27. The van der Waals surface area contributed by atoms with Crippen LogP contribution in [-0.4, -0.2) is 20.2 Å². The Bertz CT molecular complexity index is 964. The highest BCUT2D eigenvalue weighted by Gasteiger charge is 2.28. The van der Waals surface area contributed by atoms with Crippen molar-refractivity contribution >= 4 is 10.9 Å². The van der Waals surface area contributed by atoms with Crippen molar-refractivity contribution in [2.75, 3.05) is 0 Å². The molecule has 1 aromatic carbocycles. The van der Waals surface area contributed by atoms with Gasteiger partial charge in [0.2, 0.25) is 0 Å². The lowest BCUT2D eigenvalue weighted by molar-refractivity contribution is 0.162. The van der Waals surface area contributed by atoms with Crippen LogP contribution >= 0.6 is 0 Å². The molecule has 122 valence electrons. The number of hydrogen-bond acceptors (Lipinski definition) is 3. The van der Waals surface area contributed by atoms with Gasteiger partial charge < -0.3 is 0 Å². The quantitative estimate of drug-likeness (QED) is 0.688. The van der Waals surface area contributed by atoms with Crippen LogP contribution in [0.25, 0.3) is 22.2 Å². The molecule has 1 aliphatic rings. The first-order valence-corrected chi connectivity index (χ1v) is 8.17. The van der Waals surface area contributed by atoms with Gasteiger partial charge in [0.15, 0.2) is 0 Å². The SMILES string of the molecule is CC1(F)CCc2nc3cc(-c4ccccn4)ccc3c(=O)n2CC1. The van der Waals surface area contributed by atoms with E-state index in [9.17, 15) is 9.18 Å². The van der Waals surface area contributed by atoms with Gasteiger partial charge in [0.25, 0.3) is 5.56 Å². The molecule has 3 heterocycles. The summed E-state index contributed by atoms with van der Waals surface area (Å²) in [6, 6.07) is 11.3. The number of aromatic nitrogens is 3. The van der Waals surface area contributed by atoms with E-state index in [1.54, 1.807) is 23.8 Å². The third-order valence-electron chi connectivity index (χ3n) is 4.72. The van der Waals surface area contributed by atoms with E-state index in [4.69, 9.17) is 0 Å². The number of rotatable bonds is 1. The number of pyridine rings is 1. The third kappa shape index (κ3) is 2.60. The van der Waals surface area contributed by atoms with Gasteiger partial charge in [-0.2, -0.15) is 0 Å². The predicted octanol–water partition coefficient (Wildman–Crippen LogP) is 3.52. The Labute approximate surface area is 139 Å². The summed E-state index contributed by atoms with van der Waals surface area (Å²) >= 11 is 0. The molecule has 0 fully saturated rings. The van der Waals surface area contributed by atoms with Gasteiger partial charge in [-0.05, 0) is 44.0 Å². The zero-order valence-electron chi connectivity index (χ0n) is 13.5. The minimum atomic E-state index is -1.24. The Morgan fingerprint density at radius 3 is 2.88 bits per heavy atom. The van der Waals surface area contributed by atoms with Crippen molar-refractivity contribution in [2.24, 2.45) is 0 Å². The first-order valence-electron chi connectivity index (χ1n) is 8.17. The van der Waals surface area contributed by atoms with Crippen LogP contribution in [0.3, 0.4) is 0 Å². The molecule has 24 heavy (non-hydrogen) atoms. The number of alkyl halides is 1. The summed E-state index contributed by atoms with van der Waals surface area (Å²) < 4.78 is 15.9. The van der Waals surface area contributed by atoms with Gasteiger partial charge >= 0.3 is 0 Å². The fraction of sp³-hybridized carbons (Fsp3) is 0.316. The van der Waals surface area contributed by atoms with Gasteiger partial charge in [0.1, 0.15) is 11.5 Å². The maximum absolute atomic E-state index is 14.3. The molecule has 0 spiro atoms. The van der Waals surface area contributed by atoms with Gasteiger partial charge in [-0.15, -0.1) is 0 Å². The summed E-state index contributed by atoms with van der Waals surface area (Å²) in [6.45, 7) is 1.98. The standard InChI is InChI=1S/C19H18FN3O/c1-19(20)8-7-17-22-16-12-13(15-4-2-3-10-21-15)5-6-14(16)18(24)23(17)11-9-19/h2-6,10,12H,7-9,11H2,1H3. The molecule has 2 aromatic heterocycles. The van der Waals surface area contributed by atoms with Crippen LogP contribution in [0.4, 0.5) is 4.39 Å². The maximum Gasteiger partial charge on any atom is 0.261 e. The van der Waals surface area contributed by atoms with Gasteiger partial charge in [0, 0.05) is 24.7 Å². The summed E-state index contributed by atoms with van der Waals surface area (Å²) in [5.74, 6) is 0.673. The first kappa shape index (κ1) is 15.0. The van der Waals surface area contributed by atoms with Crippen LogP contribution in [-0.2, 0) is 13.0 Å². The monoisotopic (exact) mass is 323 g/mol. The van der Waals surface area contributed by atoms with Crippen molar-refractivity contribution in [1.29, 1.82) is 0 Å². The predicted molar refractivity (Wildman–Crippen MR) is 91.7 cm³/mol. The molecule has 4 nitrogen and oxygen atoms in total. The van der Waals surface area contributed by atoms with Crippen LogP contribution in [0, 0.1) is 0 Å². The number of nitrogens with zero attached hydrogens (tertiary/aromatic N) is 3. The third-order valence-corrected chi connectivity index (χ3v) is 4.72. The molecular formula is C19H18FN3O. The molecule has 0 amide bonds. The van der Waals surface area contributed by atoms with Crippen molar-refractivity contribution in [2.45, 2.75) is 38.4 Å². The van der Waals surface area contributed by atoms with E-state index in [0.29, 0.717) is 42.5 Å². The van der Waals surface area contributed by atoms with E-state index in [-0.39, 0.29) is 5.56 Å². The molecule has 0 radical (unpaired) electrons. The number of hydrogen-bond donors (Lipinski definition) is 0. The topological polar surface area (TPSA) is 47.8 Å². The number of aryl methyl sites for hydroxylation is 1. The van der Waals surface area contributed by atoms with E-state index in [2.05, 4.69) is 9.97 Å². The van der Waals surface area contributed by atoms with Crippen LogP contribution in [0.2, 0.25) is 0 Å². The average molecular weight is 323 g/mol. The molecule has 1 atom stereocenters. The number of benzene rings is 1. The summed E-state index contributed by atoms with van der Waals surface area (Å²) in [6.07, 6.45) is 2.96. The summed E-state index contributed by atoms with van der Waals surface area (Å²) in [4.78, 5) is 21.8. The Kier molecular flexibility index (Phi) is 3.44. The minimum absolute atomic E-state index is 0.0831. The number of halogens is 1. The van der Waals surface area contributed by atoms with Crippen molar-refractivity contribution in [3.05, 3.63) is 58.8 Å². The Balaban J connectivity index is 1.87. The van der Waals surface area contributed by atoms with Crippen LogP contribution in [0.15, 0.2) is 47.4 Å². The van der Waals surface area contributed by atoms with Crippen molar-refractivity contribution in [3.8, 4) is 11.3 Å². The second-order valence-electron chi connectivity index (χ2n) is 6.60. The minimum Gasteiger partial charge on any atom is -0.296 e. The average Bonchev–Trinajstić information content (AvgIpc) is 2.74. The molecule has 4 rings (SSSR count). The van der Waals surface area contributed by atoms with E-state index in [0.717, 1.165) is 11.3 Å². The molecule has 1 unspecified atom stereocenters. The number of fused-ring (bicyclic) bond motifs is 2. The normalized spacial score (nSPS) is 20.6. The fourth-order valence-corrected chi connectivity index (χ4v) is 3.22. The van der Waals surface area contributed by atoms with Gasteiger partial charge in [-0.25, -0.2) is 9.37 Å². The van der Waals surface area contributed by atoms with Gasteiger partial charge in [-0.3, -0.25) is 14.3 Å². The first-order chi connectivity index (χ1) is 11.5. The summed E-state index contributed by atoms with van der Waals surface area (Å²) in [5.41, 5.74) is 1.08. The molecule has 0 bridgehead atoms. The van der Waals surface area contributed by atoms with E-state index < -0.39 is 5.67 Å². The van der Waals surface area contributed by atoms with E-state index in [1.807, 2.05) is 30.3 Å². The molecule has 1 aliphatic heterocycles. The van der Waals surface area contributed by atoms with E-state index >= 15 is 0 Å². The smallest absolute Gasteiger partial charge is 0.261 e. The largest absolute Gasteiger partial charge is 0.296 e. The van der Waals surface area contributed by atoms with E-state index in [1.165, 1.54) is 0 Å².